The summed E-state index contributed by atoms with van der Waals surface area (Å²) in [5.41, 5.74) is 0.255. The molecular weight excluding hydrogens is 425 g/mol. The normalized spacial score (nSPS) is 18.9. The summed E-state index contributed by atoms with van der Waals surface area (Å²) in [5.74, 6) is -1.18. The number of likely N-dealkylation sites (tertiary alicyclic amines) is 2. The molecule has 2 aliphatic heterocycles. The molecule has 1 N–H and O–H groups in total. The lowest BCUT2D eigenvalue weighted by atomic mass is 9.78. The maximum Gasteiger partial charge on any atom is 0.416 e. The molecule has 4 rings (SSSR count). The molecule has 0 atom stereocenters. The number of rotatable bonds is 3. The summed E-state index contributed by atoms with van der Waals surface area (Å²) in [4.78, 5) is 27.5. The number of carbonyl (C=O) groups is 2. The number of piperidine rings is 1. The molecule has 0 aliphatic carbocycles. The Hall–Kier alpha value is -2.88. The smallest absolute Gasteiger partial charge is 0.416 e. The highest BCUT2D eigenvalue weighted by Crippen LogP contribution is 2.41. The second-order valence-electron chi connectivity index (χ2n) is 8.77. The monoisotopic (exact) mass is 450 g/mol. The van der Waals surface area contributed by atoms with Crippen molar-refractivity contribution in [2.75, 3.05) is 26.2 Å². The van der Waals surface area contributed by atoms with Gasteiger partial charge in [-0.05, 0) is 61.4 Å². The quantitative estimate of drug-likeness (QED) is 0.768. The van der Waals surface area contributed by atoms with Crippen LogP contribution in [-0.4, -0.2) is 62.9 Å². The molecule has 0 saturated carbocycles. The third-order valence-corrected chi connectivity index (χ3v) is 6.76. The summed E-state index contributed by atoms with van der Waals surface area (Å²) >= 11 is 0. The Labute approximate surface area is 183 Å². The summed E-state index contributed by atoms with van der Waals surface area (Å²) in [5, 5.41) is 12.8. The lowest BCUT2D eigenvalue weighted by molar-refractivity contribution is -0.138. The standard InChI is InChI=1S/C22H25F3N4O3/c1-15-16(3-2-4-17(15)22(23,24)25)13-27-10-6-21(14-27)7-11-28(12-8-21)20(32)29-9-5-18(26-29)19(30)31/h2-5,9H,6-8,10-14H2,1H3,(H,30,31). The van der Waals surface area contributed by atoms with Crippen molar-refractivity contribution in [2.45, 2.75) is 38.9 Å². The van der Waals surface area contributed by atoms with Crippen LogP contribution in [0.1, 0.15) is 46.4 Å². The lowest BCUT2D eigenvalue weighted by Gasteiger charge is -2.39. The highest BCUT2D eigenvalue weighted by Gasteiger charge is 2.42. The van der Waals surface area contributed by atoms with E-state index in [4.69, 9.17) is 5.11 Å². The summed E-state index contributed by atoms with van der Waals surface area (Å²) < 4.78 is 40.7. The highest BCUT2D eigenvalue weighted by molar-refractivity contribution is 5.86. The molecule has 2 fully saturated rings. The van der Waals surface area contributed by atoms with Crippen molar-refractivity contribution >= 4 is 12.0 Å². The van der Waals surface area contributed by atoms with Gasteiger partial charge in [-0.2, -0.15) is 23.0 Å². The first-order valence-corrected chi connectivity index (χ1v) is 10.5. The molecule has 7 nitrogen and oxygen atoms in total. The SMILES string of the molecule is Cc1c(CN2CCC3(CCN(C(=O)n4ccc(C(=O)O)n4)CC3)C2)cccc1C(F)(F)F. The highest BCUT2D eigenvalue weighted by atomic mass is 19.4. The Balaban J connectivity index is 1.36. The van der Waals surface area contributed by atoms with Crippen LogP contribution in [0.25, 0.3) is 0 Å². The van der Waals surface area contributed by atoms with Crippen LogP contribution in [0.3, 0.4) is 0 Å². The van der Waals surface area contributed by atoms with Crippen LogP contribution in [0.4, 0.5) is 18.0 Å². The Kier molecular flexibility index (Phi) is 5.74. The van der Waals surface area contributed by atoms with Crippen molar-refractivity contribution in [3.8, 4) is 0 Å². The number of aromatic nitrogens is 2. The molecule has 3 heterocycles. The van der Waals surface area contributed by atoms with Crippen molar-refractivity contribution in [1.82, 2.24) is 19.6 Å². The van der Waals surface area contributed by atoms with Gasteiger partial charge in [0.15, 0.2) is 5.69 Å². The average molecular weight is 450 g/mol. The van der Waals surface area contributed by atoms with E-state index >= 15 is 0 Å². The van der Waals surface area contributed by atoms with Gasteiger partial charge in [0.25, 0.3) is 0 Å². The van der Waals surface area contributed by atoms with Gasteiger partial charge in [-0.3, -0.25) is 4.90 Å². The van der Waals surface area contributed by atoms with Gasteiger partial charge in [-0.25, -0.2) is 9.59 Å². The number of carboxylic acids is 1. The number of halogens is 3. The first kappa shape index (κ1) is 22.3. The second-order valence-corrected chi connectivity index (χ2v) is 8.77. The number of nitrogens with zero attached hydrogens (tertiary/aromatic N) is 4. The fourth-order valence-electron chi connectivity index (χ4n) is 4.84. The van der Waals surface area contributed by atoms with Crippen molar-refractivity contribution < 1.29 is 27.9 Å². The molecule has 1 amide bonds. The third kappa shape index (κ3) is 4.36. The predicted molar refractivity (Wildman–Crippen MR) is 109 cm³/mol. The van der Waals surface area contributed by atoms with E-state index in [9.17, 15) is 22.8 Å². The van der Waals surface area contributed by atoms with E-state index in [1.165, 1.54) is 25.3 Å². The van der Waals surface area contributed by atoms with Crippen molar-refractivity contribution in [3.63, 3.8) is 0 Å². The fourth-order valence-corrected chi connectivity index (χ4v) is 4.84. The summed E-state index contributed by atoms with van der Waals surface area (Å²) in [7, 11) is 0. The minimum atomic E-state index is -4.36. The largest absolute Gasteiger partial charge is 0.476 e. The number of hydrogen-bond acceptors (Lipinski definition) is 4. The van der Waals surface area contributed by atoms with E-state index in [0.29, 0.717) is 25.2 Å². The van der Waals surface area contributed by atoms with E-state index in [-0.39, 0.29) is 22.7 Å². The summed E-state index contributed by atoms with van der Waals surface area (Å²) in [6.45, 7) is 4.68. The average Bonchev–Trinajstić information content (AvgIpc) is 3.37. The van der Waals surface area contributed by atoms with Crippen LogP contribution in [0.5, 0.6) is 0 Å². The molecule has 172 valence electrons. The van der Waals surface area contributed by atoms with Gasteiger partial charge in [0.2, 0.25) is 0 Å². The molecule has 32 heavy (non-hydrogen) atoms. The Morgan fingerprint density at radius 2 is 1.81 bits per heavy atom. The molecule has 0 bridgehead atoms. The number of carbonyl (C=O) groups excluding carboxylic acids is 1. The maximum absolute atomic E-state index is 13.2. The zero-order chi connectivity index (χ0) is 23.1. The van der Waals surface area contributed by atoms with Crippen molar-refractivity contribution in [1.29, 1.82) is 0 Å². The lowest BCUT2D eigenvalue weighted by Crippen LogP contribution is -2.45. The van der Waals surface area contributed by atoms with Gasteiger partial charge < -0.3 is 10.0 Å². The van der Waals surface area contributed by atoms with Gasteiger partial charge in [0.05, 0.1) is 5.56 Å². The van der Waals surface area contributed by atoms with E-state index in [2.05, 4.69) is 10.00 Å². The number of aromatic carboxylic acids is 1. The Bertz CT molecular complexity index is 1030. The number of benzene rings is 1. The van der Waals surface area contributed by atoms with Gasteiger partial charge in [-0.15, -0.1) is 0 Å². The minimum absolute atomic E-state index is 0.0443. The van der Waals surface area contributed by atoms with Crippen LogP contribution in [0.15, 0.2) is 30.5 Å². The number of alkyl halides is 3. The van der Waals surface area contributed by atoms with Gasteiger partial charge in [0.1, 0.15) is 0 Å². The summed E-state index contributed by atoms with van der Waals surface area (Å²) in [6.07, 6.45) is -0.470. The zero-order valence-corrected chi connectivity index (χ0v) is 17.7. The van der Waals surface area contributed by atoms with Crippen molar-refractivity contribution in [3.05, 3.63) is 52.8 Å². The molecule has 2 aliphatic rings. The molecule has 2 saturated heterocycles. The second kappa shape index (κ2) is 8.23. The van der Waals surface area contributed by atoms with Gasteiger partial charge in [-0.1, -0.05) is 12.1 Å². The zero-order valence-electron chi connectivity index (χ0n) is 17.7. The van der Waals surface area contributed by atoms with E-state index in [1.807, 2.05) is 0 Å². The van der Waals surface area contributed by atoms with Crippen LogP contribution in [-0.2, 0) is 12.7 Å². The minimum Gasteiger partial charge on any atom is -0.476 e. The molecule has 10 heteroatoms. The van der Waals surface area contributed by atoms with Crippen molar-refractivity contribution in [2.24, 2.45) is 5.41 Å². The van der Waals surface area contributed by atoms with Crippen LogP contribution in [0.2, 0.25) is 0 Å². The Morgan fingerprint density at radius 1 is 1.12 bits per heavy atom. The Morgan fingerprint density at radius 3 is 2.44 bits per heavy atom. The van der Waals surface area contributed by atoms with E-state index in [0.717, 1.165) is 43.1 Å². The van der Waals surface area contributed by atoms with E-state index < -0.39 is 17.7 Å². The molecule has 1 aromatic carbocycles. The number of amides is 1. The third-order valence-electron chi connectivity index (χ3n) is 6.76. The maximum atomic E-state index is 13.2. The first-order chi connectivity index (χ1) is 15.1. The first-order valence-electron chi connectivity index (χ1n) is 10.5. The summed E-state index contributed by atoms with van der Waals surface area (Å²) in [6, 6.07) is 5.28. The molecule has 1 aromatic heterocycles. The molecular formula is C22H25F3N4O3. The number of carboxylic acid groups (broad SMARTS) is 1. The molecule has 0 unspecified atom stereocenters. The van der Waals surface area contributed by atoms with Crippen LogP contribution in [0, 0.1) is 12.3 Å². The fraction of sp³-hybridized carbons (Fsp3) is 0.500. The molecule has 1 spiro atoms. The van der Waals surface area contributed by atoms with Gasteiger partial charge >= 0.3 is 18.2 Å². The van der Waals surface area contributed by atoms with Gasteiger partial charge in [0, 0.05) is 32.4 Å². The topological polar surface area (TPSA) is 78.7 Å². The van der Waals surface area contributed by atoms with Crippen LogP contribution < -0.4 is 0 Å². The predicted octanol–water partition coefficient (Wildman–Crippen LogP) is 3.86. The van der Waals surface area contributed by atoms with Crippen LogP contribution >= 0.6 is 0 Å². The molecule has 0 radical (unpaired) electrons. The number of hydrogen-bond donors (Lipinski definition) is 1. The molecule has 2 aromatic rings. The van der Waals surface area contributed by atoms with E-state index in [1.54, 1.807) is 11.0 Å².